The fourth-order valence-corrected chi connectivity index (χ4v) is 1.16. The Labute approximate surface area is 78.8 Å². The lowest BCUT2D eigenvalue weighted by atomic mass is 10.5. The van der Waals surface area contributed by atoms with Crippen molar-refractivity contribution in [2.24, 2.45) is 0 Å². The van der Waals surface area contributed by atoms with Gasteiger partial charge in [-0.3, -0.25) is 0 Å². The van der Waals surface area contributed by atoms with Crippen LogP contribution in [0.2, 0.25) is 0 Å². The van der Waals surface area contributed by atoms with Gasteiger partial charge in [0.05, 0.1) is 0 Å². The number of hydrogen-bond acceptors (Lipinski definition) is 3. The van der Waals surface area contributed by atoms with Gasteiger partial charge in [0.25, 0.3) is 0 Å². The number of aromatic nitrogens is 3. The summed E-state index contributed by atoms with van der Waals surface area (Å²) in [5, 5.41) is 6.17. The first kappa shape index (κ1) is 8.49. The van der Waals surface area contributed by atoms with Crippen LogP contribution in [0.25, 0.3) is 5.65 Å². The summed E-state index contributed by atoms with van der Waals surface area (Å²) in [6.45, 7) is 0. The molecule has 0 spiro atoms. The molecule has 0 unspecified atom stereocenters. The molecule has 0 bridgehead atoms. The van der Waals surface area contributed by atoms with E-state index in [4.69, 9.17) is 0 Å². The second-order valence-electron chi connectivity index (χ2n) is 2.68. The molecular weight excluding hydrogens is 184 g/mol. The number of rotatable bonds is 0. The van der Waals surface area contributed by atoms with Gasteiger partial charge in [0.1, 0.15) is 0 Å². The first-order valence-electron chi connectivity index (χ1n) is 4.02. The Morgan fingerprint density at radius 1 is 1.50 bits per heavy atom. The Morgan fingerprint density at radius 3 is 2.93 bits per heavy atom. The molecule has 2 aromatic heterocycles. The predicted molar refractivity (Wildman–Crippen MR) is 49.3 cm³/mol. The van der Waals surface area contributed by atoms with E-state index in [9.17, 15) is 9.59 Å². The summed E-state index contributed by atoms with van der Waals surface area (Å²) in [5.41, 5.74) is -0.0268. The summed E-state index contributed by atoms with van der Waals surface area (Å²) in [4.78, 5) is 22.7. The van der Waals surface area contributed by atoms with E-state index >= 15 is 0 Å². The number of fused-ring (bicyclic) bond motifs is 1. The van der Waals surface area contributed by atoms with Gasteiger partial charge in [0, 0.05) is 13.2 Å². The molecule has 6 heteroatoms. The van der Waals surface area contributed by atoms with E-state index in [1.807, 2.05) is 0 Å². The minimum atomic E-state index is -0.543. The van der Waals surface area contributed by atoms with Crippen molar-refractivity contribution in [2.45, 2.75) is 0 Å². The van der Waals surface area contributed by atoms with Gasteiger partial charge in [-0.2, -0.15) is 0 Å². The van der Waals surface area contributed by atoms with Gasteiger partial charge >= 0.3 is 11.7 Å². The van der Waals surface area contributed by atoms with Gasteiger partial charge in [-0.15, -0.1) is 9.78 Å². The van der Waals surface area contributed by atoms with Gasteiger partial charge in [0.2, 0.25) is 0 Å². The van der Waals surface area contributed by atoms with Gasteiger partial charge in [-0.1, -0.05) is 6.07 Å². The van der Waals surface area contributed by atoms with Crippen molar-refractivity contribution in [1.29, 1.82) is 0 Å². The number of pyridine rings is 1. The van der Waals surface area contributed by atoms with E-state index in [1.54, 1.807) is 24.4 Å². The average molecular weight is 192 g/mol. The zero-order valence-electron chi connectivity index (χ0n) is 7.47. The zero-order chi connectivity index (χ0) is 10.1. The smallest absolute Gasteiger partial charge is 0.339 e. The average Bonchev–Trinajstić information content (AvgIpc) is 2.56. The largest absolute Gasteiger partial charge is 0.359 e. The van der Waals surface area contributed by atoms with Gasteiger partial charge in [-0.05, 0) is 12.1 Å². The van der Waals surface area contributed by atoms with Crippen molar-refractivity contribution in [2.75, 3.05) is 7.05 Å². The Balaban J connectivity index is 2.75. The molecule has 0 aliphatic carbocycles. The highest BCUT2D eigenvalue weighted by Gasteiger charge is 2.10. The van der Waals surface area contributed by atoms with E-state index in [0.717, 1.165) is 4.68 Å². The van der Waals surface area contributed by atoms with E-state index in [2.05, 4.69) is 10.4 Å². The molecule has 0 radical (unpaired) electrons. The summed E-state index contributed by atoms with van der Waals surface area (Å²) >= 11 is 0. The topological polar surface area (TPSA) is 68.4 Å². The maximum Gasteiger partial charge on any atom is 0.359 e. The van der Waals surface area contributed by atoms with Crippen LogP contribution < -0.4 is 11.0 Å². The van der Waals surface area contributed by atoms with E-state index < -0.39 is 11.7 Å². The fourth-order valence-electron chi connectivity index (χ4n) is 1.16. The molecular formula is C8H8N4O2. The molecule has 1 amide bonds. The van der Waals surface area contributed by atoms with Crippen molar-refractivity contribution < 1.29 is 4.79 Å². The molecule has 0 atom stereocenters. The highest BCUT2D eigenvalue weighted by molar-refractivity contribution is 5.75. The third kappa shape index (κ3) is 1.08. The lowest BCUT2D eigenvalue weighted by Crippen LogP contribution is -2.34. The predicted octanol–water partition coefficient (Wildman–Crippen LogP) is -0.317. The minimum absolute atomic E-state index is 0.445. The van der Waals surface area contributed by atoms with E-state index in [-0.39, 0.29) is 0 Å². The van der Waals surface area contributed by atoms with Crippen molar-refractivity contribution in [3.63, 3.8) is 0 Å². The molecule has 6 nitrogen and oxygen atoms in total. The molecule has 72 valence electrons. The van der Waals surface area contributed by atoms with Crippen molar-refractivity contribution in [3.05, 3.63) is 34.9 Å². The SMILES string of the molecule is CNC(=O)n1nc2ccccn2c1=O. The third-order valence-electron chi connectivity index (χ3n) is 1.83. The quantitative estimate of drug-likeness (QED) is 0.622. The highest BCUT2D eigenvalue weighted by atomic mass is 16.2. The highest BCUT2D eigenvalue weighted by Crippen LogP contribution is 1.94. The van der Waals surface area contributed by atoms with Crippen LogP contribution in [0.15, 0.2) is 29.2 Å². The lowest BCUT2D eigenvalue weighted by Gasteiger charge is -1.93. The number of hydrogen-bond donors (Lipinski definition) is 1. The molecule has 1 N–H and O–H groups in total. The Kier molecular flexibility index (Phi) is 1.81. The molecule has 2 heterocycles. The minimum Gasteiger partial charge on any atom is -0.339 e. The Bertz CT molecular complexity index is 540. The van der Waals surface area contributed by atoms with Crippen molar-refractivity contribution in [3.8, 4) is 0 Å². The second-order valence-corrected chi connectivity index (χ2v) is 2.68. The van der Waals surface area contributed by atoms with Crippen LogP contribution >= 0.6 is 0 Å². The van der Waals surface area contributed by atoms with Crippen LogP contribution in [0.5, 0.6) is 0 Å². The first-order chi connectivity index (χ1) is 6.74. The summed E-state index contributed by atoms with van der Waals surface area (Å²) in [6, 6.07) is 4.56. The second kappa shape index (κ2) is 2.99. The van der Waals surface area contributed by atoms with E-state index in [0.29, 0.717) is 5.65 Å². The van der Waals surface area contributed by atoms with Crippen molar-refractivity contribution >= 4 is 11.7 Å². The molecule has 2 aromatic rings. The van der Waals surface area contributed by atoms with Crippen LogP contribution in [-0.2, 0) is 0 Å². The number of carbonyl (C=O) groups is 1. The standard InChI is InChI=1S/C8H8N4O2/c1-9-7(13)12-8(14)11-5-3-2-4-6(11)10-12/h2-5H,1H3,(H,9,13). The van der Waals surface area contributed by atoms with Crippen molar-refractivity contribution in [1.82, 2.24) is 19.5 Å². The summed E-state index contributed by atoms with van der Waals surface area (Å²) in [7, 11) is 1.44. The number of amides is 1. The van der Waals surface area contributed by atoms with Gasteiger partial charge in [-0.25, -0.2) is 14.0 Å². The van der Waals surface area contributed by atoms with Crippen LogP contribution in [-0.4, -0.2) is 27.3 Å². The van der Waals surface area contributed by atoms with Crippen LogP contribution in [0.4, 0.5) is 4.79 Å². The maximum atomic E-state index is 11.5. The molecule has 2 rings (SSSR count). The molecule has 14 heavy (non-hydrogen) atoms. The monoisotopic (exact) mass is 192 g/mol. The summed E-state index contributed by atoms with van der Waals surface area (Å²) in [6.07, 6.45) is 1.56. The Hall–Kier alpha value is -2.11. The number of nitrogens with zero attached hydrogens (tertiary/aromatic N) is 3. The molecule has 0 saturated heterocycles. The molecule has 0 aliphatic heterocycles. The fraction of sp³-hybridized carbons (Fsp3) is 0.125. The molecule has 0 aliphatic rings. The summed E-state index contributed by atoms with van der Waals surface area (Å²) < 4.78 is 2.09. The molecule has 0 fully saturated rings. The number of nitrogens with one attached hydrogen (secondary N) is 1. The molecule has 0 aromatic carbocycles. The third-order valence-corrected chi connectivity index (χ3v) is 1.83. The normalized spacial score (nSPS) is 10.4. The molecule has 0 saturated carbocycles. The zero-order valence-corrected chi connectivity index (χ0v) is 7.47. The Morgan fingerprint density at radius 2 is 2.29 bits per heavy atom. The van der Waals surface area contributed by atoms with E-state index in [1.165, 1.54) is 11.4 Å². The first-order valence-corrected chi connectivity index (χ1v) is 4.02. The van der Waals surface area contributed by atoms with Crippen LogP contribution in [0, 0.1) is 0 Å². The van der Waals surface area contributed by atoms with Gasteiger partial charge in [0.15, 0.2) is 5.65 Å². The van der Waals surface area contributed by atoms with Gasteiger partial charge < -0.3 is 5.32 Å². The van der Waals surface area contributed by atoms with Crippen LogP contribution in [0.1, 0.15) is 0 Å². The maximum absolute atomic E-state index is 11.5. The summed E-state index contributed by atoms with van der Waals surface area (Å²) in [5.74, 6) is 0. The number of carbonyl (C=O) groups excluding carboxylic acids is 1. The van der Waals surface area contributed by atoms with Crippen LogP contribution in [0.3, 0.4) is 0 Å². The lowest BCUT2D eigenvalue weighted by molar-refractivity contribution is 0.241.